The van der Waals surface area contributed by atoms with Crippen LogP contribution in [0.4, 0.5) is 4.39 Å². The molecular formula is C25H25ClFN5OS. The van der Waals surface area contributed by atoms with Crippen molar-refractivity contribution < 1.29 is 9.50 Å². The second-order valence-corrected chi connectivity index (χ2v) is 10.6. The first-order valence-electron chi connectivity index (χ1n) is 11.6. The first kappa shape index (κ1) is 22.1. The molecule has 4 aromatic rings. The lowest BCUT2D eigenvalue weighted by Gasteiger charge is -2.34. The van der Waals surface area contributed by atoms with E-state index in [1.165, 1.54) is 11.3 Å². The van der Waals surface area contributed by atoms with Gasteiger partial charge in [0.05, 0.1) is 9.90 Å². The Hall–Kier alpha value is -2.36. The number of rotatable bonds is 5. The molecule has 0 radical (unpaired) electrons. The second-order valence-electron chi connectivity index (χ2n) is 9.17. The zero-order valence-corrected chi connectivity index (χ0v) is 20.1. The molecule has 34 heavy (non-hydrogen) atoms. The van der Waals surface area contributed by atoms with Crippen molar-refractivity contribution in [2.45, 2.75) is 31.4 Å². The molecule has 0 atom stereocenters. The third-order valence-electron chi connectivity index (χ3n) is 6.91. The van der Waals surface area contributed by atoms with E-state index < -0.39 is 5.60 Å². The van der Waals surface area contributed by atoms with Crippen LogP contribution in [0.2, 0.25) is 5.02 Å². The Bertz CT molecular complexity index is 1360. The molecule has 1 aromatic carbocycles. The first-order chi connectivity index (χ1) is 16.5. The van der Waals surface area contributed by atoms with Gasteiger partial charge in [-0.3, -0.25) is 4.90 Å². The van der Waals surface area contributed by atoms with Crippen LogP contribution >= 0.6 is 22.9 Å². The van der Waals surface area contributed by atoms with E-state index in [1.807, 2.05) is 18.2 Å². The first-order valence-corrected chi connectivity index (χ1v) is 12.8. The molecule has 0 bridgehead atoms. The number of pyridine rings is 1. The van der Waals surface area contributed by atoms with E-state index >= 15 is 0 Å². The number of piperazine rings is 1. The van der Waals surface area contributed by atoms with Crippen LogP contribution in [-0.2, 0) is 12.1 Å². The molecule has 1 aliphatic carbocycles. The maximum Gasteiger partial charge on any atom is 0.138 e. The number of thiazole rings is 1. The van der Waals surface area contributed by atoms with Crippen LogP contribution < -0.4 is 5.32 Å². The van der Waals surface area contributed by atoms with Crippen LogP contribution in [0, 0.1) is 5.82 Å². The lowest BCUT2D eigenvalue weighted by atomic mass is 9.81. The van der Waals surface area contributed by atoms with E-state index in [-0.39, 0.29) is 5.82 Å². The highest BCUT2D eigenvalue weighted by atomic mass is 35.5. The van der Waals surface area contributed by atoms with Gasteiger partial charge in [0, 0.05) is 72.9 Å². The molecule has 3 aromatic heterocycles. The van der Waals surface area contributed by atoms with Gasteiger partial charge in [-0.2, -0.15) is 0 Å². The van der Waals surface area contributed by atoms with Crippen LogP contribution in [0.25, 0.3) is 32.7 Å². The van der Waals surface area contributed by atoms with Crippen LogP contribution in [0.5, 0.6) is 0 Å². The average molecular weight is 498 g/mol. The molecule has 0 spiro atoms. The molecule has 6 nitrogen and oxygen atoms in total. The Balaban J connectivity index is 1.33. The van der Waals surface area contributed by atoms with Crippen molar-refractivity contribution in [2.24, 2.45) is 0 Å². The monoisotopic (exact) mass is 497 g/mol. The van der Waals surface area contributed by atoms with Crippen molar-refractivity contribution in [3.8, 4) is 21.7 Å². The summed E-state index contributed by atoms with van der Waals surface area (Å²) < 4.78 is 15.0. The van der Waals surface area contributed by atoms with Gasteiger partial charge in [-0.1, -0.05) is 23.7 Å². The summed E-state index contributed by atoms with van der Waals surface area (Å²) in [5, 5.41) is 16.1. The molecule has 0 amide bonds. The molecule has 9 heteroatoms. The van der Waals surface area contributed by atoms with Crippen LogP contribution in [0.1, 0.15) is 29.8 Å². The molecule has 1 saturated heterocycles. The van der Waals surface area contributed by atoms with Gasteiger partial charge >= 0.3 is 0 Å². The van der Waals surface area contributed by atoms with Crippen LogP contribution in [0.15, 0.2) is 36.7 Å². The van der Waals surface area contributed by atoms with E-state index in [4.69, 9.17) is 11.6 Å². The van der Waals surface area contributed by atoms with E-state index in [0.717, 1.165) is 77.5 Å². The zero-order valence-electron chi connectivity index (χ0n) is 18.6. The molecule has 2 fully saturated rings. The standard InChI is InChI=1S/C25H25ClFN5OS/c26-18-12-29-23-17(22(18)21-13-30-24(34-21)25(33)4-1-5-25)11-20(31-23)15-2-3-16(19(27)10-15)14-32-8-6-28-7-9-32/h2-3,10-13,28,33H,1,4-9,14H2,(H,29,31). The number of aromatic amines is 1. The maximum absolute atomic E-state index is 15.0. The van der Waals surface area contributed by atoms with Gasteiger partial charge in [-0.25, -0.2) is 14.4 Å². The quantitative estimate of drug-likeness (QED) is 0.365. The van der Waals surface area contributed by atoms with Crippen LogP contribution in [0.3, 0.4) is 0 Å². The zero-order chi connectivity index (χ0) is 23.3. The van der Waals surface area contributed by atoms with E-state index in [0.29, 0.717) is 22.8 Å². The van der Waals surface area contributed by atoms with Crippen molar-refractivity contribution in [3.63, 3.8) is 0 Å². The molecule has 6 rings (SSSR count). The van der Waals surface area contributed by atoms with Crippen LogP contribution in [-0.4, -0.2) is 51.1 Å². The fourth-order valence-electron chi connectivity index (χ4n) is 4.74. The number of aliphatic hydroxyl groups is 1. The molecule has 0 unspecified atom stereocenters. The summed E-state index contributed by atoms with van der Waals surface area (Å²) in [5.74, 6) is -0.207. The fourth-order valence-corrected chi connectivity index (χ4v) is 6.18. The van der Waals surface area contributed by atoms with E-state index in [1.54, 1.807) is 18.5 Å². The second kappa shape index (κ2) is 8.70. The third kappa shape index (κ3) is 3.93. The molecule has 1 saturated carbocycles. The minimum atomic E-state index is -0.811. The van der Waals surface area contributed by atoms with Gasteiger partial charge in [-0.15, -0.1) is 11.3 Å². The SMILES string of the molecule is OC1(c2ncc(-c3c(Cl)cnc4[nH]c(-c5ccc(CN6CCNCC6)c(F)c5)cc34)s2)CCC1. The third-order valence-corrected chi connectivity index (χ3v) is 8.41. The molecule has 1 aliphatic heterocycles. The van der Waals surface area contributed by atoms with Crippen molar-refractivity contribution >= 4 is 34.0 Å². The van der Waals surface area contributed by atoms with Gasteiger partial charge in [0.2, 0.25) is 0 Å². The molecule has 176 valence electrons. The summed E-state index contributed by atoms with van der Waals surface area (Å²) in [6.07, 6.45) is 5.88. The Morgan fingerprint density at radius 1 is 1.15 bits per heavy atom. The summed E-state index contributed by atoms with van der Waals surface area (Å²) in [6, 6.07) is 7.37. The predicted molar refractivity (Wildman–Crippen MR) is 134 cm³/mol. The number of halogens is 2. The largest absolute Gasteiger partial charge is 0.383 e. The van der Waals surface area contributed by atoms with E-state index in [2.05, 4.69) is 25.2 Å². The van der Waals surface area contributed by atoms with Crippen molar-refractivity contribution in [1.82, 2.24) is 25.2 Å². The normalized spacial score (nSPS) is 18.3. The summed E-state index contributed by atoms with van der Waals surface area (Å²) >= 11 is 8.04. The fraction of sp³-hybridized carbons (Fsp3) is 0.360. The summed E-state index contributed by atoms with van der Waals surface area (Å²) in [5.41, 5.74) is 2.94. The minimum absolute atomic E-state index is 0.207. The van der Waals surface area contributed by atoms with Crippen molar-refractivity contribution in [3.05, 3.63) is 58.1 Å². The number of hydrogen-bond donors (Lipinski definition) is 3. The van der Waals surface area contributed by atoms with Gasteiger partial charge in [0.1, 0.15) is 22.1 Å². The number of benzene rings is 1. The highest BCUT2D eigenvalue weighted by Crippen LogP contribution is 2.46. The Morgan fingerprint density at radius 2 is 1.97 bits per heavy atom. The summed E-state index contributed by atoms with van der Waals surface area (Å²) in [6.45, 7) is 4.34. The molecule has 4 heterocycles. The van der Waals surface area contributed by atoms with Gasteiger partial charge in [0.15, 0.2) is 0 Å². The Kier molecular flexibility index (Phi) is 5.66. The number of H-pyrrole nitrogens is 1. The smallest absolute Gasteiger partial charge is 0.138 e. The lowest BCUT2D eigenvalue weighted by Crippen LogP contribution is -2.43. The number of hydrogen-bond acceptors (Lipinski definition) is 6. The summed E-state index contributed by atoms with van der Waals surface area (Å²) in [7, 11) is 0. The summed E-state index contributed by atoms with van der Waals surface area (Å²) in [4.78, 5) is 15.4. The maximum atomic E-state index is 15.0. The topological polar surface area (TPSA) is 77.1 Å². The Morgan fingerprint density at radius 3 is 2.71 bits per heavy atom. The minimum Gasteiger partial charge on any atom is -0.383 e. The number of fused-ring (bicyclic) bond motifs is 1. The lowest BCUT2D eigenvalue weighted by molar-refractivity contribution is -0.0389. The highest BCUT2D eigenvalue weighted by Gasteiger charge is 2.39. The molecule has 2 aliphatic rings. The number of nitrogens with zero attached hydrogens (tertiary/aromatic N) is 3. The molecule has 3 N–H and O–H groups in total. The Labute approximate surface area is 205 Å². The number of aromatic nitrogens is 3. The number of nitrogens with one attached hydrogen (secondary N) is 2. The van der Waals surface area contributed by atoms with Gasteiger partial charge < -0.3 is 15.4 Å². The average Bonchev–Trinajstić information content (AvgIpc) is 3.47. The predicted octanol–water partition coefficient (Wildman–Crippen LogP) is 4.92. The highest BCUT2D eigenvalue weighted by molar-refractivity contribution is 7.15. The molecular weight excluding hydrogens is 473 g/mol. The van der Waals surface area contributed by atoms with E-state index in [9.17, 15) is 9.50 Å². The van der Waals surface area contributed by atoms with Gasteiger partial charge in [0.25, 0.3) is 0 Å². The van der Waals surface area contributed by atoms with Crippen molar-refractivity contribution in [1.29, 1.82) is 0 Å². The van der Waals surface area contributed by atoms with Crippen molar-refractivity contribution in [2.75, 3.05) is 26.2 Å². The van der Waals surface area contributed by atoms with Gasteiger partial charge in [-0.05, 0) is 31.4 Å².